The maximum Gasteiger partial charge on any atom is 0.338 e. The first-order chi connectivity index (χ1) is 13.0. The maximum atomic E-state index is 13.0. The van der Waals surface area contributed by atoms with Gasteiger partial charge >= 0.3 is 5.97 Å². The number of ether oxygens (including phenoxy) is 1. The molecule has 1 aromatic heterocycles. The fraction of sp³-hybridized carbons (Fsp3) is 0.150. The number of carbonyl (C=O) groups is 2. The van der Waals surface area contributed by atoms with E-state index in [1.807, 2.05) is 0 Å². The van der Waals surface area contributed by atoms with Crippen molar-refractivity contribution in [2.75, 3.05) is 6.61 Å². The number of amides is 1. The van der Waals surface area contributed by atoms with E-state index in [-0.39, 0.29) is 18.7 Å². The van der Waals surface area contributed by atoms with Gasteiger partial charge in [-0.2, -0.15) is 4.99 Å². The highest BCUT2D eigenvalue weighted by molar-refractivity contribution is 7.16. The maximum absolute atomic E-state index is 13.0. The van der Waals surface area contributed by atoms with Crippen molar-refractivity contribution in [3.8, 4) is 12.3 Å². The number of hydrogen-bond acceptors (Lipinski definition) is 4. The molecule has 0 saturated heterocycles. The Kier molecular flexibility index (Phi) is 5.48. The summed E-state index contributed by atoms with van der Waals surface area (Å²) in [4.78, 5) is 28.9. The fourth-order valence-corrected chi connectivity index (χ4v) is 3.55. The molecular formula is C20H15FN2O3S. The van der Waals surface area contributed by atoms with Crippen molar-refractivity contribution in [3.63, 3.8) is 0 Å². The van der Waals surface area contributed by atoms with E-state index in [1.54, 1.807) is 29.7 Å². The standard InChI is InChI=1S/C20H15FN2O3S/c1-3-11-23-16-10-7-14(19(25)26-4-2)12-17(16)27-20(23)22-18(24)13-5-8-15(21)9-6-13/h1,5-10,12H,4,11H2,2H3. The van der Waals surface area contributed by atoms with Gasteiger partial charge in [-0.1, -0.05) is 17.3 Å². The monoisotopic (exact) mass is 382 g/mol. The summed E-state index contributed by atoms with van der Waals surface area (Å²) in [6.45, 7) is 2.24. The highest BCUT2D eigenvalue weighted by Gasteiger charge is 2.12. The summed E-state index contributed by atoms with van der Waals surface area (Å²) in [5.74, 6) is 1.19. The fourth-order valence-electron chi connectivity index (χ4n) is 2.49. The number of nitrogens with zero attached hydrogens (tertiary/aromatic N) is 2. The molecule has 5 nitrogen and oxygen atoms in total. The number of terminal acetylenes is 1. The highest BCUT2D eigenvalue weighted by Crippen LogP contribution is 2.20. The summed E-state index contributed by atoms with van der Waals surface area (Å²) in [6.07, 6.45) is 5.45. The van der Waals surface area contributed by atoms with Crippen LogP contribution in [0.1, 0.15) is 27.6 Å². The number of thiazole rings is 1. The van der Waals surface area contributed by atoms with Crippen LogP contribution < -0.4 is 4.80 Å². The molecule has 0 atom stereocenters. The molecule has 0 aliphatic rings. The molecule has 1 heterocycles. The SMILES string of the molecule is C#CCn1c(=NC(=O)c2ccc(F)cc2)sc2cc(C(=O)OCC)ccc21. The Balaban J connectivity index is 2.09. The summed E-state index contributed by atoms with van der Waals surface area (Å²) >= 11 is 1.24. The third-order valence-electron chi connectivity index (χ3n) is 3.73. The van der Waals surface area contributed by atoms with Crippen molar-refractivity contribution < 1.29 is 18.7 Å². The van der Waals surface area contributed by atoms with Crippen molar-refractivity contribution in [1.29, 1.82) is 0 Å². The van der Waals surface area contributed by atoms with Crippen molar-refractivity contribution >= 4 is 33.4 Å². The molecule has 0 bridgehead atoms. The van der Waals surface area contributed by atoms with E-state index in [9.17, 15) is 14.0 Å². The summed E-state index contributed by atoms with van der Waals surface area (Å²) in [7, 11) is 0. The van der Waals surface area contributed by atoms with E-state index in [1.165, 1.54) is 35.6 Å². The number of hydrogen-bond donors (Lipinski definition) is 0. The zero-order valence-electron chi connectivity index (χ0n) is 14.4. The van der Waals surface area contributed by atoms with Gasteiger partial charge in [0.15, 0.2) is 4.80 Å². The molecule has 0 radical (unpaired) electrons. The molecule has 1 amide bonds. The van der Waals surface area contributed by atoms with E-state index in [4.69, 9.17) is 11.2 Å². The molecule has 136 valence electrons. The lowest BCUT2D eigenvalue weighted by molar-refractivity contribution is 0.0526. The Morgan fingerprint density at radius 1 is 1.22 bits per heavy atom. The average Bonchev–Trinajstić information content (AvgIpc) is 2.99. The second-order valence-corrected chi connectivity index (χ2v) is 6.51. The van der Waals surface area contributed by atoms with Gasteiger partial charge in [-0.25, -0.2) is 9.18 Å². The number of carbonyl (C=O) groups excluding carboxylic acids is 2. The minimum atomic E-state index is -0.502. The number of esters is 1. The quantitative estimate of drug-likeness (QED) is 0.513. The molecule has 7 heteroatoms. The number of benzene rings is 2. The van der Waals surface area contributed by atoms with Gasteiger partial charge in [0.05, 0.1) is 28.9 Å². The zero-order valence-corrected chi connectivity index (χ0v) is 15.3. The molecular weight excluding hydrogens is 367 g/mol. The summed E-state index contributed by atoms with van der Waals surface area (Å²) in [5.41, 5.74) is 1.44. The molecule has 0 spiro atoms. The number of rotatable bonds is 4. The summed E-state index contributed by atoms with van der Waals surface area (Å²) in [6, 6.07) is 10.2. The van der Waals surface area contributed by atoms with Crippen molar-refractivity contribution in [1.82, 2.24) is 4.57 Å². The van der Waals surface area contributed by atoms with Gasteiger partial charge in [0.1, 0.15) is 5.82 Å². The number of aromatic nitrogens is 1. The Morgan fingerprint density at radius 3 is 2.59 bits per heavy atom. The van der Waals surface area contributed by atoms with E-state index < -0.39 is 17.7 Å². The molecule has 3 rings (SSSR count). The molecule has 27 heavy (non-hydrogen) atoms. The second kappa shape index (κ2) is 7.98. The molecule has 0 aliphatic carbocycles. The van der Waals surface area contributed by atoms with Crippen LogP contribution in [0.5, 0.6) is 0 Å². The minimum Gasteiger partial charge on any atom is -0.462 e. The minimum absolute atomic E-state index is 0.217. The third kappa shape index (κ3) is 3.96. The Labute approximate surface area is 158 Å². The third-order valence-corrected chi connectivity index (χ3v) is 4.77. The molecule has 0 unspecified atom stereocenters. The van der Waals surface area contributed by atoms with Crippen LogP contribution in [0.25, 0.3) is 10.2 Å². The van der Waals surface area contributed by atoms with Gasteiger partial charge in [0, 0.05) is 5.56 Å². The molecule has 0 N–H and O–H groups in total. The lowest BCUT2D eigenvalue weighted by atomic mass is 10.2. The number of fused-ring (bicyclic) bond motifs is 1. The van der Waals surface area contributed by atoms with Crippen LogP contribution in [-0.2, 0) is 11.3 Å². The highest BCUT2D eigenvalue weighted by atomic mass is 32.1. The van der Waals surface area contributed by atoms with Gasteiger partial charge in [0.25, 0.3) is 5.91 Å². The first-order valence-electron chi connectivity index (χ1n) is 8.12. The van der Waals surface area contributed by atoms with Gasteiger partial charge in [-0.15, -0.1) is 6.42 Å². The predicted octanol–water partition coefficient (Wildman–Crippen LogP) is 3.39. The molecule has 0 fully saturated rings. The topological polar surface area (TPSA) is 60.7 Å². The first-order valence-corrected chi connectivity index (χ1v) is 8.93. The van der Waals surface area contributed by atoms with E-state index >= 15 is 0 Å². The van der Waals surface area contributed by atoms with E-state index in [0.29, 0.717) is 10.4 Å². The lowest BCUT2D eigenvalue weighted by Crippen LogP contribution is -2.16. The van der Waals surface area contributed by atoms with Crippen LogP contribution in [0.2, 0.25) is 0 Å². The van der Waals surface area contributed by atoms with Gasteiger partial charge < -0.3 is 9.30 Å². The van der Waals surface area contributed by atoms with Gasteiger partial charge in [-0.3, -0.25) is 4.79 Å². The van der Waals surface area contributed by atoms with Crippen LogP contribution in [0, 0.1) is 18.2 Å². The summed E-state index contributed by atoms with van der Waals surface area (Å²) < 4.78 is 20.5. The van der Waals surface area contributed by atoms with Crippen molar-refractivity contribution in [2.45, 2.75) is 13.5 Å². The smallest absolute Gasteiger partial charge is 0.338 e. The normalized spacial score (nSPS) is 11.4. The lowest BCUT2D eigenvalue weighted by Gasteiger charge is -2.03. The first kappa shape index (κ1) is 18.5. The van der Waals surface area contributed by atoms with Crippen LogP contribution in [-0.4, -0.2) is 23.1 Å². The molecule has 0 saturated carbocycles. The van der Waals surface area contributed by atoms with Gasteiger partial charge in [-0.05, 0) is 49.4 Å². The molecule has 3 aromatic rings. The Hall–Kier alpha value is -3.24. The second-order valence-electron chi connectivity index (χ2n) is 5.50. The van der Waals surface area contributed by atoms with Crippen LogP contribution in [0.4, 0.5) is 4.39 Å². The molecule has 0 aliphatic heterocycles. The van der Waals surface area contributed by atoms with Crippen molar-refractivity contribution in [3.05, 3.63) is 64.2 Å². The van der Waals surface area contributed by atoms with Crippen molar-refractivity contribution in [2.24, 2.45) is 4.99 Å². The number of halogens is 1. The predicted molar refractivity (Wildman–Crippen MR) is 101 cm³/mol. The Bertz CT molecular complexity index is 1120. The van der Waals surface area contributed by atoms with Crippen LogP contribution in [0.15, 0.2) is 47.5 Å². The average molecular weight is 382 g/mol. The van der Waals surface area contributed by atoms with E-state index in [2.05, 4.69) is 10.9 Å². The zero-order chi connectivity index (χ0) is 19.4. The van der Waals surface area contributed by atoms with E-state index in [0.717, 1.165) is 10.2 Å². The van der Waals surface area contributed by atoms with Gasteiger partial charge in [0.2, 0.25) is 0 Å². The summed E-state index contributed by atoms with van der Waals surface area (Å²) in [5, 5.41) is 0. The van der Waals surface area contributed by atoms with Crippen LogP contribution >= 0.6 is 11.3 Å². The van der Waals surface area contributed by atoms with Crippen LogP contribution in [0.3, 0.4) is 0 Å². The molecule has 2 aromatic carbocycles. The largest absolute Gasteiger partial charge is 0.462 e. The Morgan fingerprint density at radius 2 is 1.93 bits per heavy atom.